The Morgan fingerprint density at radius 2 is 2.25 bits per heavy atom. The van der Waals surface area contributed by atoms with Crippen LogP contribution in [0, 0.1) is 0 Å². The van der Waals surface area contributed by atoms with Crippen molar-refractivity contribution >= 4 is 11.7 Å². The van der Waals surface area contributed by atoms with Gasteiger partial charge in [-0.25, -0.2) is 4.98 Å². The SMILES string of the molecule is CN1[C@@H](CN)CC[C@H]1CC(=O)NCc1cccnc1N. The van der Waals surface area contributed by atoms with E-state index < -0.39 is 0 Å². The molecule has 0 radical (unpaired) electrons. The van der Waals surface area contributed by atoms with E-state index in [0.717, 1.165) is 18.4 Å². The van der Waals surface area contributed by atoms with Crippen LogP contribution in [0.3, 0.4) is 0 Å². The first-order valence-corrected chi connectivity index (χ1v) is 7.00. The molecule has 1 aromatic heterocycles. The van der Waals surface area contributed by atoms with Crippen LogP contribution in [0.4, 0.5) is 5.82 Å². The van der Waals surface area contributed by atoms with E-state index in [2.05, 4.69) is 15.2 Å². The van der Waals surface area contributed by atoms with Crippen LogP contribution >= 0.6 is 0 Å². The lowest BCUT2D eigenvalue weighted by Crippen LogP contribution is -2.39. The third-order valence-corrected chi connectivity index (χ3v) is 4.08. The molecule has 0 saturated carbocycles. The van der Waals surface area contributed by atoms with Gasteiger partial charge < -0.3 is 16.8 Å². The van der Waals surface area contributed by atoms with Gasteiger partial charge in [0.1, 0.15) is 5.82 Å². The summed E-state index contributed by atoms with van der Waals surface area (Å²) in [5.41, 5.74) is 12.3. The lowest BCUT2D eigenvalue weighted by Gasteiger charge is -2.24. The first kappa shape index (κ1) is 14.7. The first-order valence-electron chi connectivity index (χ1n) is 7.00. The Morgan fingerprint density at radius 3 is 2.90 bits per heavy atom. The predicted octanol–water partition coefficient (Wildman–Crippen LogP) is 0.0916. The minimum absolute atomic E-state index is 0.0442. The van der Waals surface area contributed by atoms with E-state index in [-0.39, 0.29) is 11.9 Å². The number of nitrogen functional groups attached to an aromatic ring is 1. The van der Waals surface area contributed by atoms with Crippen LogP contribution in [0.1, 0.15) is 24.8 Å². The number of nitrogens with zero attached hydrogens (tertiary/aromatic N) is 2. The molecule has 0 spiro atoms. The van der Waals surface area contributed by atoms with Crippen LogP contribution in [-0.2, 0) is 11.3 Å². The van der Waals surface area contributed by atoms with Crippen molar-refractivity contribution < 1.29 is 4.79 Å². The number of amides is 1. The predicted molar refractivity (Wildman–Crippen MR) is 78.7 cm³/mol. The smallest absolute Gasteiger partial charge is 0.221 e. The Bertz CT molecular complexity index is 465. The summed E-state index contributed by atoms with van der Waals surface area (Å²) in [6.45, 7) is 1.08. The van der Waals surface area contributed by atoms with Crippen LogP contribution in [-0.4, -0.2) is 41.5 Å². The number of carbonyl (C=O) groups excluding carboxylic acids is 1. The van der Waals surface area contributed by atoms with Gasteiger partial charge in [0.2, 0.25) is 5.91 Å². The molecule has 2 rings (SSSR count). The lowest BCUT2D eigenvalue weighted by molar-refractivity contribution is -0.122. The molecular formula is C14H23N5O. The highest BCUT2D eigenvalue weighted by atomic mass is 16.1. The number of hydrogen-bond donors (Lipinski definition) is 3. The summed E-state index contributed by atoms with van der Waals surface area (Å²) >= 11 is 0. The van der Waals surface area contributed by atoms with E-state index in [1.165, 1.54) is 0 Å². The molecular weight excluding hydrogens is 254 g/mol. The molecule has 5 N–H and O–H groups in total. The molecule has 1 fully saturated rings. The molecule has 0 bridgehead atoms. The van der Waals surface area contributed by atoms with Gasteiger partial charge >= 0.3 is 0 Å². The molecule has 2 heterocycles. The zero-order chi connectivity index (χ0) is 14.5. The maximum Gasteiger partial charge on any atom is 0.221 e. The number of carbonyl (C=O) groups is 1. The highest BCUT2D eigenvalue weighted by Gasteiger charge is 2.30. The van der Waals surface area contributed by atoms with Gasteiger partial charge in [0, 0.05) is 43.4 Å². The number of likely N-dealkylation sites (N-methyl/N-ethyl adjacent to an activating group) is 1. The van der Waals surface area contributed by atoms with E-state index in [1.807, 2.05) is 19.2 Å². The average molecular weight is 277 g/mol. The van der Waals surface area contributed by atoms with E-state index >= 15 is 0 Å². The topological polar surface area (TPSA) is 97.3 Å². The monoisotopic (exact) mass is 277 g/mol. The fourth-order valence-electron chi connectivity index (χ4n) is 2.70. The molecule has 1 aliphatic heterocycles. The summed E-state index contributed by atoms with van der Waals surface area (Å²) in [7, 11) is 2.04. The molecule has 6 heteroatoms. The largest absolute Gasteiger partial charge is 0.383 e. The van der Waals surface area contributed by atoms with Crippen molar-refractivity contribution in [2.75, 3.05) is 19.3 Å². The Hall–Kier alpha value is -1.66. The number of pyridine rings is 1. The number of aromatic nitrogens is 1. The van der Waals surface area contributed by atoms with Gasteiger partial charge in [0.15, 0.2) is 0 Å². The number of nitrogens with one attached hydrogen (secondary N) is 1. The Balaban J connectivity index is 1.80. The van der Waals surface area contributed by atoms with Crippen LogP contribution in [0.2, 0.25) is 0 Å². The lowest BCUT2D eigenvalue weighted by atomic mass is 10.1. The van der Waals surface area contributed by atoms with Crippen molar-refractivity contribution in [3.63, 3.8) is 0 Å². The fraction of sp³-hybridized carbons (Fsp3) is 0.571. The van der Waals surface area contributed by atoms with Gasteiger partial charge in [0.25, 0.3) is 0 Å². The van der Waals surface area contributed by atoms with Crippen LogP contribution in [0.15, 0.2) is 18.3 Å². The fourth-order valence-corrected chi connectivity index (χ4v) is 2.70. The second-order valence-electron chi connectivity index (χ2n) is 5.31. The maximum atomic E-state index is 12.0. The molecule has 0 unspecified atom stereocenters. The summed E-state index contributed by atoms with van der Waals surface area (Å²) in [6.07, 6.45) is 4.25. The third-order valence-electron chi connectivity index (χ3n) is 4.08. The van der Waals surface area contributed by atoms with Gasteiger partial charge in [-0.05, 0) is 26.0 Å². The van der Waals surface area contributed by atoms with Gasteiger partial charge in [-0.15, -0.1) is 0 Å². The van der Waals surface area contributed by atoms with Gasteiger partial charge in [0.05, 0.1) is 0 Å². The molecule has 6 nitrogen and oxygen atoms in total. The second-order valence-corrected chi connectivity index (χ2v) is 5.31. The second kappa shape index (κ2) is 6.67. The Kier molecular flexibility index (Phi) is 4.92. The van der Waals surface area contributed by atoms with Gasteiger partial charge in [-0.3, -0.25) is 9.69 Å². The van der Waals surface area contributed by atoms with Crippen molar-refractivity contribution in [3.05, 3.63) is 23.9 Å². The molecule has 1 saturated heterocycles. The highest BCUT2D eigenvalue weighted by molar-refractivity contribution is 5.76. The Labute approximate surface area is 119 Å². The zero-order valence-electron chi connectivity index (χ0n) is 11.9. The minimum atomic E-state index is 0.0442. The zero-order valence-corrected chi connectivity index (χ0v) is 11.9. The maximum absolute atomic E-state index is 12.0. The quantitative estimate of drug-likeness (QED) is 0.709. The van der Waals surface area contributed by atoms with Gasteiger partial charge in [-0.2, -0.15) is 0 Å². The number of hydrogen-bond acceptors (Lipinski definition) is 5. The summed E-state index contributed by atoms with van der Waals surface area (Å²) in [6, 6.07) is 4.37. The molecule has 1 amide bonds. The Morgan fingerprint density at radius 1 is 1.50 bits per heavy atom. The summed E-state index contributed by atoms with van der Waals surface area (Å²) in [5, 5.41) is 2.90. The van der Waals surface area contributed by atoms with E-state index in [9.17, 15) is 4.79 Å². The first-order chi connectivity index (χ1) is 9.61. The van der Waals surface area contributed by atoms with Crippen LogP contribution < -0.4 is 16.8 Å². The number of rotatable bonds is 5. The standard InChI is InChI=1S/C14H23N5O/c1-19-11(4-5-12(19)8-15)7-13(20)18-9-10-3-2-6-17-14(10)16/h2-3,6,11-12H,4-5,7-9,15H2,1H3,(H2,16,17)(H,18,20)/t11-,12+/m0/s1. The molecule has 20 heavy (non-hydrogen) atoms. The van der Waals surface area contributed by atoms with Crippen molar-refractivity contribution in [1.29, 1.82) is 0 Å². The molecule has 110 valence electrons. The number of nitrogens with two attached hydrogens (primary N) is 2. The summed E-state index contributed by atoms with van der Waals surface area (Å²) in [4.78, 5) is 18.2. The van der Waals surface area contributed by atoms with Crippen molar-refractivity contribution in [2.45, 2.75) is 37.9 Å². The number of likely N-dealkylation sites (tertiary alicyclic amines) is 1. The van der Waals surface area contributed by atoms with Crippen molar-refractivity contribution in [2.24, 2.45) is 5.73 Å². The number of anilines is 1. The van der Waals surface area contributed by atoms with Crippen LogP contribution in [0.25, 0.3) is 0 Å². The highest BCUT2D eigenvalue weighted by Crippen LogP contribution is 2.23. The molecule has 0 aromatic carbocycles. The summed E-state index contributed by atoms with van der Waals surface area (Å²) < 4.78 is 0. The van der Waals surface area contributed by atoms with E-state index in [1.54, 1.807) is 6.20 Å². The van der Waals surface area contributed by atoms with Crippen LogP contribution in [0.5, 0.6) is 0 Å². The average Bonchev–Trinajstić information content (AvgIpc) is 2.79. The molecule has 2 atom stereocenters. The summed E-state index contributed by atoms with van der Waals surface area (Å²) in [5.74, 6) is 0.511. The third kappa shape index (κ3) is 3.46. The minimum Gasteiger partial charge on any atom is -0.383 e. The van der Waals surface area contributed by atoms with Gasteiger partial charge in [-0.1, -0.05) is 6.07 Å². The molecule has 1 aliphatic rings. The normalized spacial score (nSPS) is 22.9. The van der Waals surface area contributed by atoms with Crippen molar-refractivity contribution in [1.82, 2.24) is 15.2 Å². The van der Waals surface area contributed by atoms with E-state index in [4.69, 9.17) is 11.5 Å². The molecule has 1 aromatic rings. The van der Waals surface area contributed by atoms with E-state index in [0.29, 0.717) is 31.4 Å². The molecule has 0 aliphatic carbocycles. The van der Waals surface area contributed by atoms with Crippen molar-refractivity contribution in [3.8, 4) is 0 Å².